The third-order valence-electron chi connectivity index (χ3n) is 3.53. The van der Waals surface area contributed by atoms with Crippen LogP contribution in [0, 0.1) is 13.8 Å². The molecular formula is C12H21N3O3S. The summed E-state index contributed by atoms with van der Waals surface area (Å²) in [7, 11) is -3.72. The summed E-state index contributed by atoms with van der Waals surface area (Å²) in [6.07, 6.45) is 2.02. The van der Waals surface area contributed by atoms with E-state index in [1.807, 2.05) is 0 Å². The molecule has 7 heteroatoms. The Morgan fingerprint density at radius 1 is 1.47 bits per heavy atom. The Bertz CT molecular complexity index is 590. The SMILES string of the molecule is Cc1nn(CC2CCC(C)(C)O2)c(C)c1S(N)(=O)=O. The highest BCUT2D eigenvalue weighted by atomic mass is 32.2. The Labute approximate surface area is 114 Å². The molecule has 2 N–H and O–H groups in total. The first kappa shape index (κ1) is 14.5. The summed E-state index contributed by atoms with van der Waals surface area (Å²) in [5.41, 5.74) is 0.911. The fourth-order valence-electron chi connectivity index (χ4n) is 2.67. The second-order valence-corrected chi connectivity index (χ2v) is 7.26. The van der Waals surface area contributed by atoms with E-state index < -0.39 is 10.0 Å². The second-order valence-electron chi connectivity index (χ2n) is 5.77. The maximum absolute atomic E-state index is 11.5. The molecule has 0 radical (unpaired) electrons. The van der Waals surface area contributed by atoms with Crippen molar-refractivity contribution in [2.24, 2.45) is 5.14 Å². The van der Waals surface area contributed by atoms with Gasteiger partial charge >= 0.3 is 0 Å². The number of aryl methyl sites for hydroxylation is 1. The number of hydrogen-bond donors (Lipinski definition) is 1. The molecule has 1 aromatic rings. The summed E-state index contributed by atoms with van der Waals surface area (Å²) < 4.78 is 30.6. The molecule has 1 fully saturated rings. The van der Waals surface area contributed by atoms with Crippen LogP contribution in [-0.4, -0.2) is 29.9 Å². The molecular weight excluding hydrogens is 266 g/mol. The molecule has 1 unspecified atom stereocenters. The van der Waals surface area contributed by atoms with Crippen LogP contribution in [0.2, 0.25) is 0 Å². The zero-order valence-electron chi connectivity index (χ0n) is 11.8. The minimum atomic E-state index is -3.72. The normalized spacial score (nSPS) is 22.9. The van der Waals surface area contributed by atoms with Crippen LogP contribution in [0.25, 0.3) is 0 Å². The summed E-state index contributed by atoms with van der Waals surface area (Å²) in [6.45, 7) is 8.06. The van der Waals surface area contributed by atoms with Gasteiger partial charge < -0.3 is 4.74 Å². The molecule has 0 aromatic carbocycles. The quantitative estimate of drug-likeness (QED) is 0.902. The van der Waals surface area contributed by atoms with Crippen molar-refractivity contribution in [3.05, 3.63) is 11.4 Å². The molecule has 1 aliphatic heterocycles. The molecule has 2 heterocycles. The van der Waals surface area contributed by atoms with Crippen molar-refractivity contribution >= 4 is 10.0 Å². The highest BCUT2D eigenvalue weighted by Crippen LogP contribution is 2.30. The highest BCUT2D eigenvalue weighted by molar-refractivity contribution is 7.89. The Morgan fingerprint density at radius 3 is 2.53 bits per heavy atom. The van der Waals surface area contributed by atoms with E-state index in [2.05, 4.69) is 18.9 Å². The average Bonchev–Trinajstić information content (AvgIpc) is 2.67. The predicted molar refractivity (Wildman–Crippen MR) is 71.3 cm³/mol. The predicted octanol–water partition coefficient (Wildman–Crippen LogP) is 1.10. The summed E-state index contributed by atoms with van der Waals surface area (Å²) >= 11 is 0. The molecule has 1 aliphatic rings. The van der Waals surface area contributed by atoms with Gasteiger partial charge in [-0.1, -0.05) is 0 Å². The number of nitrogens with zero attached hydrogens (tertiary/aromatic N) is 2. The van der Waals surface area contributed by atoms with E-state index in [4.69, 9.17) is 9.88 Å². The van der Waals surface area contributed by atoms with E-state index in [9.17, 15) is 8.42 Å². The Hall–Kier alpha value is -0.920. The summed E-state index contributed by atoms with van der Waals surface area (Å²) in [4.78, 5) is 0.129. The molecule has 1 saturated heterocycles. The van der Waals surface area contributed by atoms with Crippen molar-refractivity contribution in [1.29, 1.82) is 0 Å². The topological polar surface area (TPSA) is 87.2 Å². The molecule has 108 valence electrons. The van der Waals surface area contributed by atoms with Gasteiger partial charge in [-0.3, -0.25) is 4.68 Å². The number of sulfonamides is 1. The average molecular weight is 287 g/mol. The number of ether oxygens (including phenoxy) is 1. The first-order valence-corrected chi connectivity index (χ1v) is 7.89. The fourth-order valence-corrected chi connectivity index (χ4v) is 3.64. The van der Waals surface area contributed by atoms with Crippen LogP contribution in [0.15, 0.2) is 4.90 Å². The van der Waals surface area contributed by atoms with Crippen LogP contribution >= 0.6 is 0 Å². The van der Waals surface area contributed by atoms with E-state index in [0.717, 1.165) is 12.8 Å². The maximum Gasteiger partial charge on any atom is 0.241 e. The lowest BCUT2D eigenvalue weighted by Crippen LogP contribution is -2.24. The molecule has 19 heavy (non-hydrogen) atoms. The third kappa shape index (κ3) is 2.98. The number of aromatic nitrogens is 2. The van der Waals surface area contributed by atoms with Gasteiger partial charge in [-0.05, 0) is 40.5 Å². The molecule has 0 bridgehead atoms. The van der Waals surface area contributed by atoms with Gasteiger partial charge in [-0.15, -0.1) is 0 Å². The maximum atomic E-state index is 11.5. The van der Waals surface area contributed by atoms with E-state index in [0.29, 0.717) is 17.9 Å². The Kier molecular flexibility index (Phi) is 3.49. The summed E-state index contributed by atoms with van der Waals surface area (Å²) in [5.74, 6) is 0. The van der Waals surface area contributed by atoms with Crippen molar-refractivity contribution < 1.29 is 13.2 Å². The molecule has 6 nitrogen and oxygen atoms in total. The number of nitrogens with two attached hydrogens (primary N) is 1. The van der Waals surface area contributed by atoms with Crippen LogP contribution in [0.1, 0.15) is 38.1 Å². The number of hydrogen-bond acceptors (Lipinski definition) is 4. The zero-order chi connectivity index (χ0) is 14.4. The largest absolute Gasteiger partial charge is 0.370 e. The van der Waals surface area contributed by atoms with Crippen LogP contribution in [-0.2, 0) is 21.3 Å². The van der Waals surface area contributed by atoms with Crippen molar-refractivity contribution in [1.82, 2.24) is 9.78 Å². The van der Waals surface area contributed by atoms with Crippen LogP contribution < -0.4 is 5.14 Å². The molecule has 0 amide bonds. The molecule has 1 atom stereocenters. The van der Waals surface area contributed by atoms with Crippen molar-refractivity contribution in [2.75, 3.05) is 0 Å². The summed E-state index contributed by atoms with van der Waals surface area (Å²) in [6, 6.07) is 0. The minimum absolute atomic E-state index is 0.0707. The molecule has 2 rings (SSSR count). The fraction of sp³-hybridized carbons (Fsp3) is 0.750. The van der Waals surface area contributed by atoms with E-state index in [1.165, 1.54) is 0 Å². The van der Waals surface area contributed by atoms with Crippen molar-refractivity contribution in [3.63, 3.8) is 0 Å². The molecule has 0 spiro atoms. The van der Waals surface area contributed by atoms with Gasteiger partial charge in [0, 0.05) is 0 Å². The van der Waals surface area contributed by atoms with E-state index in [-0.39, 0.29) is 16.6 Å². The second kappa shape index (κ2) is 4.57. The van der Waals surface area contributed by atoms with Gasteiger partial charge in [-0.25, -0.2) is 13.6 Å². The standard InChI is InChI=1S/C12H21N3O3S/c1-8-11(19(13,16)17)9(2)15(14-8)7-10-5-6-12(3,4)18-10/h10H,5-7H2,1-4H3,(H2,13,16,17). The highest BCUT2D eigenvalue weighted by Gasteiger charge is 2.32. The van der Waals surface area contributed by atoms with Gasteiger partial charge in [0.15, 0.2) is 0 Å². The van der Waals surface area contributed by atoms with Gasteiger partial charge in [0.05, 0.1) is 29.6 Å². The van der Waals surface area contributed by atoms with Crippen LogP contribution in [0.4, 0.5) is 0 Å². The molecule has 1 aromatic heterocycles. The van der Waals surface area contributed by atoms with Crippen molar-refractivity contribution in [2.45, 2.75) is 63.7 Å². The Morgan fingerprint density at radius 2 is 2.11 bits per heavy atom. The third-order valence-corrected chi connectivity index (χ3v) is 4.69. The number of rotatable bonds is 3. The lowest BCUT2D eigenvalue weighted by atomic mass is 10.1. The van der Waals surface area contributed by atoms with Gasteiger partial charge in [0.1, 0.15) is 4.90 Å². The molecule has 0 saturated carbocycles. The lowest BCUT2D eigenvalue weighted by molar-refractivity contribution is -0.0232. The number of primary sulfonamides is 1. The first-order valence-electron chi connectivity index (χ1n) is 6.35. The van der Waals surface area contributed by atoms with Gasteiger partial charge in [0.2, 0.25) is 10.0 Å². The zero-order valence-corrected chi connectivity index (χ0v) is 12.6. The monoisotopic (exact) mass is 287 g/mol. The lowest BCUT2D eigenvalue weighted by Gasteiger charge is -2.19. The van der Waals surface area contributed by atoms with Crippen LogP contribution in [0.3, 0.4) is 0 Å². The van der Waals surface area contributed by atoms with Crippen LogP contribution in [0.5, 0.6) is 0 Å². The molecule has 0 aliphatic carbocycles. The minimum Gasteiger partial charge on any atom is -0.370 e. The van der Waals surface area contributed by atoms with Crippen molar-refractivity contribution in [3.8, 4) is 0 Å². The van der Waals surface area contributed by atoms with Gasteiger partial charge in [0.25, 0.3) is 0 Å². The smallest absolute Gasteiger partial charge is 0.241 e. The first-order chi connectivity index (χ1) is 8.60. The van der Waals surface area contributed by atoms with Gasteiger partial charge in [-0.2, -0.15) is 5.10 Å². The summed E-state index contributed by atoms with van der Waals surface area (Å²) in [5, 5.41) is 9.48. The van der Waals surface area contributed by atoms with E-state index in [1.54, 1.807) is 18.5 Å². The van der Waals surface area contributed by atoms with E-state index >= 15 is 0 Å². The Balaban J connectivity index is 2.24.